The summed E-state index contributed by atoms with van der Waals surface area (Å²) in [6, 6.07) is 9.30. The van der Waals surface area contributed by atoms with Crippen LogP contribution in [0.15, 0.2) is 36.5 Å². The Morgan fingerprint density at radius 3 is 3.00 bits per heavy atom. The first-order valence-electron chi connectivity index (χ1n) is 14.5. The van der Waals surface area contributed by atoms with Gasteiger partial charge >= 0.3 is 5.97 Å². The summed E-state index contributed by atoms with van der Waals surface area (Å²) in [7, 11) is 0. The monoisotopic (exact) mass is 535 g/mol. The number of carboxylic acid groups (broad SMARTS) is 1. The summed E-state index contributed by atoms with van der Waals surface area (Å²) in [5.41, 5.74) is 3.93. The van der Waals surface area contributed by atoms with E-state index in [1.807, 2.05) is 27.8 Å². The number of anilines is 1. The fourth-order valence-electron chi connectivity index (χ4n) is 6.56. The third-order valence-electron chi connectivity index (χ3n) is 8.68. The number of para-hydroxylation sites is 1. The fraction of sp³-hybridized carbons (Fsp3) is 0.567. The van der Waals surface area contributed by atoms with Gasteiger partial charge in [-0.05, 0) is 63.1 Å². The molecule has 208 valence electrons. The van der Waals surface area contributed by atoms with Crippen molar-refractivity contribution >= 4 is 22.7 Å². The van der Waals surface area contributed by atoms with Crippen LogP contribution in [0.25, 0.3) is 10.9 Å². The summed E-state index contributed by atoms with van der Waals surface area (Å²) in [6.07, 6.45) is 7.68. The first kappa shape index (κ1) is 26.2. The molecule has 3 aliphatic rings. The van der Waals surface area contributed by atoms with E-state index in [1.165, 1.54) is 5.56 Å². The van der Waals surface area contributed by atoms with E-state index >= 15 is 4.39 Å². The highest BCUT2D eigenvalue weighted by atomic mass is 19.1. The zero-order chi connectivity index (χ0) is 26.8. The Balaban J connectivity index is 1.07. The highest BCUT2D eigenvalue weighted by molar-refractivity contribution is 5.88. The van der Waals surface area contributed by atoms with Gasteiger partial charge in [0.15, 0.2) is 0 Å². The van der Waals surface area contributed by atoms with Crippen LogP contribution in [0.3, 0.4) is 0 Å². The van der Waals surface area contributed by atoms with Gasteiger partial charge in [0.2, 0.25) is 0 Å². The topological polar surface area (TPSA) is 92.5 Å². The SMILES string of the molecule is O=C(O)C(c1cccc2cnn(C3CCOC3)c12)N1CC[C@@H](C(F)CCCCc2ccc3c(n2)NCCC3)C1. The van der Waals surface area contributed by atoms with Gasteiger partial charge in [-0.15, -0.1) is 0 Å². The van der Waals surface area contributed by atoms with Gasteiger partial charge in [-0.2, -0.15) is 5.10 Å². The minimum absolute atomic E-state index is 0.104. The molecule has 2 N–H and O–H groups in total. The molecule has 39 heavy (non-hydrogen) atoms. The molecule has 3 unspecified atom stereocenters. The first-order chi connectivity index (χ1) is 19.1. The molecule has 3 aromatic rings. The van der Waals surface area contributed by atoms with E-state index in [-0.39, 0.29) is 12.0 Å². The average molecular weight is 536 g/mol. The number of aromatic nitrogens is 3. The van der Waals surface area contributed by atoms with Gasteiger partial charge in [-0.3, -0.25) is 14.4 Å². The smallest absolute Gasteiger partial charge is 0.325 e. The number of unbranched alkanes of at least 4 members (excludes halogenated alkanes) is 1. The van der Waals surface area contributed by atoms with E-state index in [4.69, 9.17) is 9.72 Å². The number of hydrogen-bond acceptors (Lipinski definition) is 6. The molecule has 0 bridgehead atoms. The Labute approximate surface area is 228 Å². The molecule has 4 atom stereocenters. The number of rotatable bonds is 10. The molecule has 0 saturated carbocycles. The molecule has 2 saturated heterocycles. The zero-order valence-electron chi connectivity index (χ0n) is 22.4. The van der Waals surface area contributed by atoms with Crippen molar-refractivity contribution in [2.24, 2.45) is 5.92 Å². The molecule has 1 aromatic carbocycles. The van der Waals surface area contributed by atoms with Gasteiger partial charge in [-0.1, -0.05) is 30.7 Å². The number of aliphatic carboxylic acids is 1. The van der Waals surface area contributed by atoms with Crippen molar-refractivity contribution in [1.29, 1.82) is 0 Å². The highest BCUT2D eigenvalue weighted by Gasteiger charge is 2.38. The minimum Gasteiger partial charge on any atom is -0.480 e. The molecule has 5 heterocycles. The van der Waals surface area contributed by atoms with E-state index in [9.17, 15) is 9.90 Å². The maximum atomic E-state index is 15.3. The number of ether oxygens (including phenoxy) is 1. The van der Waals surface area contributed by atoms with Crippen LogP contribution in [0, 0.1) is 5.92 Å². The Morgan fingerprint density at radius 1 is 1.23 bits per heavy atom. The quantitative estimate of drug-likeness (QED) is 0.355. The number of halogens is 1. The normalized spacial score (nSPS) is 23.0. The van der Waals surface area contributed by atoms with Crippen LogP contribution in [0.2, 0.25) is 0 Å². The van der Waals surface area contributed by atoms with E-state index in [0.29, 0.717) is 39.1 Å². The van der Waals surface area contributed by atoms with E-state index in [1.54, 1.807) is 6.20 Å². The van der Waals surface area contributed by atoms with Crippen molar-refractivity contribution in [1.82, 2.24) is 19.7 Å². The number of likely N-dealkylation sites (tertiary alicyclic amines) is 1. The van der Waals surface area contributed by atoms with Crippen LogP contribution in [0.5, 0.6) is 0 Å². The molecular formula is C30H38FN5O3. The van der Waals surface area contributed by atoms with Crippen LogP contribution in [0.1, 0.15) is 67.4 Å². The predicted octanol–water partition coefficient (Wildman–Crippen LogP) is 4.95. The minimum atomic E-state index is -0.931. The van der Waals surface area contributed by atoms with Gasteiger partial charge in [0.1, 0.15) is 18.0 Å². The van der Waals surface area contributed by atoms with Crippen molar-refractivity contribution < 1.29 is 19.0 Å². The second kappa shape index (κ2) is 11.6. The molecule has 2 aromatic heterocycles. The number of fused-ring (bicyclic) bond motifs is 2. The van der Waals surface area contributed by atoms with Gasteiger partial charge in [0, 0.05) is 42.3 Å². The largest absolute Gasteiger partial charge is 0.480 e. The van der Waals surface area contributed by atoms with Crippen LogP contribution in [-0.2, 0) is 22.4 Å². The molecule has 6 rings (SSSR count). The number of carbonyl (C=O) groups is 1. The lowest BCUT2D eigenvalue weighted by molar-refractivity contribution is -0.143. The molecular weight excluding hydrogens is 497 g/mol. The Morgan fingerprint density at radius 2 is 2.15 bits per heavy atom. The molecule has 0 amide bonds. The summed E-state index contributed by atoms with van der Waals surface area (Å²) in [5, 5.41) is 19.2. The number of nitrogens with zero attached hydrogens (tertiary/aromatic N) is 4. The summed E-state index contributed by atoms with van der Waals surface area (Å²) in [5.74, 6) is -0.0391. The van der Waals surface area contributed by atoms with Crippen molar-refractivity contribution in [3.63, 3.8) is 0 Å². The summed E-state index contributed by atoms with van der Waals surface area (Å²) in [6.45, 7) is 3.27. The number of aryl methyl sites for hydroxylation is 2. The third-order valence-corrected chi connectivity index (χ3v) is 8.68. The summed E-state index contributed by atoms with van der Waals surface area (Å²) >= 11 is 0. The standard InChI is InChI=1S/C30H38FN5O3/c31-26(9-2-1-7-23-11-10-20-6-4-14-32-29(20)34-23)22-12-15-35(18-22)28(30(37)38)25-8-3-5-21-17-33-36(27(21)25)24-13-16-39-19-24/h3,5,8,10-11,17,22,24,26,28H,1-2,4,6-7,9,12-16,18-19H2,(H,32,34)(H,37,38)/t22-,24?,26?,28?/m1/s1. The molecule has 9 heteroatoms. The second-order valence-corrected chi connectivity index (χ2v) is 11.3. The van der Waals surface area contributed by atoms with E-state index in [0.717, 1.165) is 73.0 Å². The van der Waals surface area contributed by atoms with E-state index < -0.39 is 18.2 Å². The third kappa shape index (κ3) is 5.52. The van der Waals surface area contributed by atoms with Gasteiger partial charge in [0.25, 0.3) is 0 Å². The highest BCUT2D eigenvalue weighted by Crippen LogP contribution is 2.36. The van der Waals surface area contributed by atoms with Crippen molar-refractivity contribution in [2.75, 3.05) is 38.2 Å². The molecule has 2 fully saturated rings. The summed E-state index contributed by atoms with van der Waals surface area (Å²) in [4.78, 5) is 19.3. The van der Waals surface area contributed by atoms with Crippen LogP contribution in [0.4, 0.5) is 10.2 Å². The lowest BCUT2D eigenvalue weighted by atomic mass is 9.97. The Hall–Kier alpha value is -3.04. The Bertz CT molecular complexity index is 1310. The van der Waals surface area contributed by atoms with Crippen molar-refractivity contribution in [3.05, 3.63) is 53.3 Å². The summed E-state index contributed by atoms with van der Waals surface area (Å²) < 4.78 is 22.9. The maximum Gasteiger partial charge on any atom is 0.325 e. The maximum absolute atomic E-state index is 15.3. The van der Waals surface area contributed by atoms with Crippen LogP contribution in [-0.4, -0.2) is 69.8 Å². The molecule has 0 spiro atoms. The zero-order valence-corrected chi connectivity index (χ0v) is 22.4. The lowest BCUT2D eigenvalue weighted by Gasteiger charge is -2.26. The van der Waals surface area contributed by atoms with Crippen LogP contribution < -0.4 is 5.32 Å². The Kier molecular flexibility index (Phi) is 7.79. The first-order valence-corrected chi connectivity index (χ1v) is 14.5. The number of alkyl halides is 1. The van der Waals surface area contributed by atoms with Crippen LogP contribution >= 0.6 is 0 Å². The molecule has 0 radical (unpaired) electrons. The molecule has 8 nitrogen and oxygen atoms in total. The molecule has 0 aliphatic carbocycles. The van der Waals surface area contributed by atoms with Crippen molar-refractivity contribution in [2.45, 2.75) is 69.6 Å². The number of pyridine rings is 1. The number of carboxylic acids is 1. The van der Waals surface area contributed by atoms with Crippen molar-refractivity contribution in [3.8, 4) is 0 Å². The average Bonchev–Trinajstić information content (AvgIpc) is 3.72. The molecule has 3 aliphatic heterocycles. The number of hydrogen-bond donors (Lipinski definition) is 2. The predicted molar refractivity (Wildman–Crippen MR) is 148 cm³/mol. The van der Waals surface area contributed by atoms with Gasteiger partial charge < -0.3 is 15.2 Å². The fourth-order valence-corrected chi connectivity index (χ4v) is 6.56. The lowest BCUT2D eigenvalue weighted by Crippen LogP contribution is -2.34. The number of benzene rings is 1. The number of nitrogens with one attached hydrogen (secondary N) is 1. The van der Waals surface area contributed by atoms with Gasteiger partial charge in [-0.25, -0.2) is 9.37 Å². The second-order valence-electron chi connectivity index (χ2n) is 11.3. The van der Waals surface area contributed by atoms with Gasteiger partial charge in [0.05, 0.1) is 24.4 Å². The van der Waals surface area contributed by atoms with E-state index in [2.05, 4.69) is 22.5 Å².